The van der Waals surface area contributed by atoms with E-state index in [1.807, 2.05) is 13.0 Å². The van der Waals surface area contributed by atoms with E-state index in [1.165, 1.54) is 23.0 Å². The molecule has 2 heterocycles. The summed E-state index contributed by atoms with van der Waals surface area (Å²) in [5.41, 5.74) is 0.153. The van der Waals surface area contributed by atoms with Crippen LogP contribution in [0.3, 0.4) is 0 Å². The normalized spacial score (nSPS) is 13.8. The number of aromatic nitrogens is 2. The van der Waals surface area contributed by atoms with Crippen LogP contribution in [0.15, 0.2) is 50.8 Å². The molecule has 3 aromatic rings. The van der Waals surface area contributed by atoms with Gasteiger partial charge in [0.05, 0.1) is 35.3 Å². The lowest BCUT2D eigenvalue weighted by atomic mass is 10.2. The molecule has 1 fully saturated rings. The molecule has 37 heavy (non-hydrogen) atoms. The molecule has 194 valence electrons. The van der Waals surface area contributed by atoms with Crippen LogP contribution in [-0.4, -0.2) is 64.5 Å². The lowest BCUT2D eigenvalue weighted by Gasteiger charge is -2.26. The molecule has 0 atom stereocenters. The first-order valence-electron chi connectivity index (χ1n) is 11.9. The second-order valence-corrected chi connectivity index (χ2v) is 9.30. The van der Waals surface area contributed by atoms with E-state index in [9.17, 15) is 19.7 Å². The van der Waals surface area contributed by atoms with Crippen molar-refractivity contribution in [2.45, 2.75) is 26.2 Å². The number of halogens is 1. The largest absolute Gasteiger partial charge is 0.476 e. The number of amides is 1. The number of aryl methyl sites for hydroxylation is 1. The number of fused-ring (bicyclic) bond motifs is 1. The number of nitrogens with zero attached hydrogens (tertiary/aromatic N) is 5. The van der Waals surface area contributed by atoms with Crippen LogP contribution >= 0.6 is 15.9 Å². The summed E-state index contributed by atoms with van der Waals surface area (Å²) in [6, 6.07) is 9.62. The van der Waals surface area contributed by atoms with E-state index in [1.54, 1.807) is 23.1 Å². The number of morpholine rings is 1. The van der Waals surface area contributed by atoms with Crippen LogP contribution in [-0.2, 0) is 16.0 Å². The second kappa shape index (κ2) is 12.1. The van der Waals surface area contributed by atoms with E-state index < -0.39 is 4.92 Å². The Morgan fingerprint density at radius 2 is 2.08 bits per heavy atom. The Morgan fingerprint density at radius 1 is 1.30 bits per heavy atom. The van der Waals surface area contributed by atoms with E-state index in [-0.39, 0.29) is 35.1 Å². The molecule has 0 saturated carbocycles. The molecule has 0 radical (unpaired) electrons. The minimum atomic E-state index is -0.583. The highest BCUT2D eigenvalue weighted by Gasteiger charge is 2.22. The third-order valence-electron chi connectivity index (χ3n) is 5.87. The van der Waals surface area contributed by atoms with Crippen LogP contribution in [0, 0.1) is 10.1 Å². The molecule has 1 aliphatic rings. The maximum atomic E-state index is 13.3. The SMILES string of the molecule is CCCCc1nc2ccc(Br)cc2c(=O)n1N=Cc1cccc([N+](=O)[O-])c1OCC(=O)N1CCOCC1. The molecule has 1 amide bonds. The molecule has 12 heteroatoms. The fourth-order valence-electron chi connectivity index (χ4n) is 3.91. The summed E-state index contributed by atoms with van der Waals surface area (Å²) < 4.78 is 12.9. The monoisotopic (exact) mass is 571 g/mol. The van der Waals surface area contributed by atoms with Gasteiger partial charge in [-0.25, -0.2) is 4.98 Å². The van der Waals surface area contributed by atoms with Crippen LogP contribution in [0.25, 0.3) is 10.9 Å². The van der Waals surface area contributed by atoms with E-state index in [0.717, 1.165) is 17.3 Å². The van der Waals surface area contributed by atoms with Gasteiger partial charge in [-0.15, -0.1) is 0 Å². The first-order valence-corrected chi connectivity index (χ1v) is 12.7. The van der Waals surface area contributed by atoms with E-state index in [0.29, 0.717) is 49.5 Å². The highest BCUT2D eigenvalue weighted by Crippen LogP contribution is 2.30. The van der Waals surface area contributed by atoms with Gasteiger partial charge < -0.3 is 14.4 Å². The quantitative estimate of drug-likeness (QED) is 0.218. The zero-order chi connectivity index (χ0) is 26.4. The van der Waals surface area contributed by atoms with Crippen LogP contribution in [0.5, 0.6) is 5.75 Å². The summed E-state index contributed by atoms with van der Waals surface area (Å²) in [5.74, 6) is 0.0811. The van der Waals surface area contributed by atoms with Crippen LogP contribution in [0.1, 0.15) is 31.2 Å². The zero-order valence-corrected chi connectivity index (χ0v) is 21.8. The van der Waals surface area contributed by atoms with Gasteiger partial charge in [0, 0.05) is 35.6 Å². The molecule has 2 aromatic carbocycles. The molecule has 4 rings (SSSR count). The molecule has 1 aliphatic heterocycles. The van der Waals surface area contributed by atoms with Gasteiger partial charge in [-0.3, -0.25) is 19.7 Å². The summed E-state index contributed by atoms with van der Waals surface area (Å²) in [5, 5.41) is 16.5. The van der Waals surface area contributed by atoms with Gasteiger partial charge in [-0.05, 0) is 30.7 Å². The summed E-state index contributed by atoms with van der Waals surface area (Å²) in [4.78, 5) is 43.2. The molecule has 0 N–H and O–H groups in total. The molecule has 1 saturated heterocycles. The first-order chi connectivity index (χ1) is 17.9. The van der Waals surface area contributed by atoms with E-state index in [4.69, 9.17) is 9.47 Å². The number of rotatable bonds is 9. The Morgan fingerprint density at radius 3 is 2.81 bits per heavy atom. The Kier molecular flexibility index (Phi) is 8.62. The average Bonchev–Trinajstić information content (AvgIpc) is 2.91. The fraction of sp³-hybridized carbons (Fsp3) is 0.360. The summed E-state index contributed by atoms with van der Waals surface area (Å²) in [6.45, 7) is 3.39. The molecular formula is C25H26BrN5O6. The number of unbranched alkanes of at least 4 members (excludes halogenated alkanes) is 1. The number of hydrogen-bond acceptors (Lipinski definition) is 8. The van der Waals surface area contributed by atoms with Crippen molar-refractivity contribution in [1.29, 1.82) is 0 Å². The number of carbonyl (C=O) groups is 1. The fourth-order valence-corrected chi connectivity index (χ4v) is 4.27. The number of hydrogen-bond donors (Lipinski definition) is 0. The van der Waals surface area contributed by atoms with E-state index in [2.05, 4.69) is 26.0 Å². The second-order valence-electron chi connectivity index (χ2n) is 8.39. The summed E-state index contributed by atoms with van der Waals surface area (Å²) in [6.07, 6.45) is 3.56. The Hall–Kier alpha value is -3.64. The van der Waals surface area contributed by atoms with Gasteiger partial charge >= 0.3 is 5.69 Å². The predicted octanol–water partition coefficient (Wildman–Crippen LogP) is 3.53. The first kappa shape index (κ1) is 26.4. The van der Waals surface area contributed by atoms with Crippen molar-refractivity contribution in [3.63, 3.8) is 0 Å². The smallest absolute Gasteiger partial charge is 0.311 e. The molecule has 0 aliphatic carbocycles. The summed E-state index contributed by atoms with van der Waals surface area (Å²) >= 11 is 3.38. The molecule has 0 spiro atoms. The van der Waals surface area contributed by atoms with Crippen molar-refractivity contribution in [3.05, 3.63) is 72.7 Å². The van der Waals surface area contributed by atoms with Gasteiger partial charge in [0.1, 0.15) is 5.82 Å². The lowest BCUT2D eigenvalue weighted by Crippen LogP contribution is -2.43. The number of nitro benzene ring substituents is 1. The van der Waals surface area contributed by atoms with E-state index >= 15 is 0 Å². The molecular weight excluding hydrogens is 546 g/mol. The minimum Gasteiger partial charge on any atom is -0.476 e. The Bertz CT molecular complexity index is 1400. The standard InChI is InChI=1S/C25H26BrN5O6/c1-2-3-7-22-28-20-9-8-18(26)14-19(20)25(33)30(22)27-15-17-5-4-6-21(31(34)35)24(17)37-16-23(32)29-10-12-36-13-11-29/h4-6,8-9,14-15H,2-3,7,10-13,16H2,1H3. The number of nitro groups is 1. The zero-order valence-electron chi connectivity index (χ0n) is 20.3. The van der Waals surface area contributed by atoms with Crippen molar-refractivity contribution >= 4 is 44.6 Å². The third-order valence-corrected chi connectivity index (χ3v) is 6.36. The average molecular weight is 572 g/mol. The number of carbonyl (C=O) groups excluding carboxylic acids is 1. The molecule has 1 aromatic heterocycles. The molecule has 0 bridgehead atoms. The Balaban J connectivity index is 1.70. The van der Waals surface area contributed by atoms with Gasteiger partial charge in [0.15, 0.2) is 6.61 Å². The lowest BCUT2D eigenvalue weighted by molar-refractivity contribution is -0.385. The van der Waals surface area contributed by atoms with Gasteiger partial charge in [0.25, 0.3) is 11.5 Å². The van der Waals surface area contributed by atoms with Gasteiger partial charge in [-0.1, -0.05) is 35.3 Å². The van der Waals surface area contributed by atoms with Crippen molar-refractivity contribution in [2.75, 3.05) is 32.9 Å². The maximum absolute atomic E-state index is 13.3. The van der Waals surface area contributed by atoms with Crippen molar-refractivity contribution in [2.24, 2.45) is 5.10 Å². The topological polar surface area (TPSA) is 129 Å². The highest BCUT2D eigenvalue weighted by atomic mass is 79.9. The molecule has 0 unspecified atom stereocenters. The van der Waals surface area contributed by atoms with Gasteiger partial charge in [-0.2, -0.15) is 9.78 Å². The predicted molar refractivity (Wildman–Crippen MR) is 141 cm³/mol. The Labute approximate surface area is 221 Å². The van der Waals surface area contributed by atoms with Crippen LogP contribution in [0.2, 0.25) is 0 Å². The maximum Gasteiger partial charge on any atom is 0.311 e. The highest BCUT2D eigenvalue weighted by molar-refractivity contribution is 9.10. The van der Waals surface area contributed by atoms with Crippen molar-refractivity contribution in [3.8, 4) is 5.75 Å². The number of para-hydroxylation sites is 1. The number of benzene rings is 2. The van der Waals surface area contributed by atoms with Gasteiger partial charge in [0.2, 0.25) is 5.75 Å². The third kappa shape index (κ3) is 6.20. The van der Waals surface area contributed by atoms with Crippen molar-refractivity contribution in [1.82, 2.24) is 14.6 Å². The van der Waals surface area contributed by atoms with Crippen LogP contribution < -0.4 is 10.3 Å². The molecule has 11 nitrogen and oxygen atoms in total. The van der Waals surface area contributed by atoms with Crippen LogP contribution in [0.4, 0.5) is 5.69 Å². The summed E-state index contributed by atoms with van der Waals surface area (Å²) in [7, 11) is 0. The van der Waals surface area contributed by atoms with Crippen molar-refractivity contribution < 1.29 is 19.2 Å². The minimum absolute atomic E-state index is 0.0995. The number of ether oxygens (including phenoxy) is 2.